The van der Waals surface area contributed by atoms with Gasteiger partial charge >= 0.3 is 0 Å². The van der Waals surface area contributed by atoms with Gasteiger partial charge in [-0.3, -0.25) is 14.6 Å². The second kappa shape index (κ2) is 9.57. The number of likely N-dealkylation sites (tertiary alicyclic amines) is 2. The van der Waals surface area contributed by atoms with Gasteiger partial charge in [-0.2, -0.15) is 0 Å². The van der Waals surface area contributed by atoms with E-state index in [9.17, 15) is 4.79 Å². The van der Waals surface area contributed by atoms with E-state index in [0.29, 0.717) is 17.9 Å². The van der Waals surface area contributed by atoms with Crippen molar-refractivity contribution in [1.82, 2.24) is 19.3 Å². The van der Waals surface area contributed by atoms with Crippen LogP contribution < -0.4 is 5.56 Å². The predicted molar refractivity (Wildman–Crippen MR) is 135 cm³/mol. The van der Waals surface area contributed by atoms with Gasteiger partial charge in [0.05, 0.1) is 13.2 Å². The lowest BCUT2D eigenvalue weighted by Gasteiger charge is -2.47. The Morgan fingerprint density at radius 1 is 0.912 bits per heavy atom. The number of ether oxygens (including phenoxy) is 1. The summed E-state index contributed by atoms with van der Waals surface area (Å²) in [4.78, 5) is 21.5. The second-order valence-corrected chi connectivity index (χ2v) is 10.9. The van der Waals surface area contributed by atoms with E-state index in [4.69, 9.17) is 4.74 Å². The lowest BCUT2D eigenvalue weighted by molar-refractivity contribution is 0.0342. The first-order valence-electron chi connectivity index (χ1n) is 13.2. The molecule has 5 heterocycles. The van der Waals surface area contributed by atoms with Crippen LogP contribution in [-0.2, 0) is 17.8 Å². The van der Waals surface area contributed by atoms with Gasteiger partial charge in [0.25, 0.3) is 5.56 Å². The largest absolute Gasteiger partial charge is 0.379 e. The summed E-state index contributed by atoms with van der Waals surface area (Å²) in [5.74, 6) is 1.07. The molecule has 0 saturated carbocycles. The highest BCUT2D eigenvalue weighted by molar-refractivity contribution is 5.66. The van der Waals surface area contributed by atoms with Crippen LogP contribution in [0.3, 0.4) is 0 Å². The van der Waals surface area contributed by atoms with Crippen molar-refractivity contribution in [2.75, 3.05) is 59.5 Å². The van der Waals surface area contributed by atoms with Crippen molar-refractivity contribution < 1.29 is 4.74 Å². The fourth-order valence-corrected chi connectivity index (χ4v) is 6.77. The van der Waals surface area contributed by atoms with Crippen molar-refractivity contribution in [3.8, 4) is 11.1 Å². The zero-order chi connectivity index (χ0) is 23.1. The SMILES string of the molecule is CN1CCC(N2C[C@@H]3C[C@H](C2)c2ccc(-c4ccccc4CN4CCOCC4)c(=O)n2C3)CC1. The Morgan fingerprint density at radius 2 is 1.71 bits per heavy atom. The van der Waals surface area contributed by atoms with Crippen molar-refractivity contribution in [3.05, 3.63) is 58.0 Å². The second-order valence-electron chi connectivity index (χ2n) is 10.9. The van der Waals surface area contributed by atoms with Crippen molar-refractivity contribution in [2.24, 2.45) is 5.92 Å². The number of pyridine rings is 1. The highest BCUT2D eigenvalue weighted by Crippen LogP contribution is 2.37. The third-order valence-corrected chi connectivity index (χ3v) is 8.64. The van der Waals surface area contributed by atoms with Crippen molar-refractivity contribution in [1.29, 1.82) is 0 Å². The molecule has 0 unspecified atom stereocenters. The first kappa shape index (κ1) is 22.5. The molecule has 4 aliphatic heterocycles. The van der Waals surface area contributed by atoms with Crippen LogP contribution in [0.25, 0.3) is 11.1 Å². The molecule has 1 aromatic carbocycles. The summed E-state index contributed by atoms with van der Waals surface area (Å²) >= 11 is 0. The average molecular weight is 463 g/mol. The summed E-state index contributed by atoms with van der Waals surface area (Å²) in [5, 5.41) is 0. The molecule has 2 bridgehead atoms. The molecule has 182 valence electrons. The van der Waals surface area contributed by atoms with Crippen LogP contribution in [0.2, 0.25) is 0 Å². The van der Waals surface area contributed by atoms with Gasteiger partial charge in [-0.05, 0) is 68.6 Å². The van der Waals surface area contributed by atoms with E-state index in [0.717, 1.165) is 63.6 Å². The van der Waals surface area contributed by atoms with Gasteiger partial charge in [0.15, 0.2) is 0 Å². The third-order valence-electron chi connectivity index (χ3n) is 8.64. The first-order valence-corrected chi connectivity index (χ1v) is 13.2. The molecule has 0 spiro atoms. The van der Waals surface area contributed by atoms with Crippen LogP contribution in [0.5, 0.6) is 0 Å². The minimum absolute atomic E-state index is 0.203. The molecular weight excluding hydrogens is 424 g/mol. The lowest BCUT2D eigenvalue weighted by atomic mass is 9.81. The van der Waals surface area contributed by atoms with Gasteiger partial charge in [-0.1, -0.05) is 24.3 Å². The normalized spacial score (nSPS) is 27.0. The van der Waals surface area contributed by atoms with E-state index in [1.165, 1.54) is 43.6 Å². The number of hydrogen-bond donors (Lipinski definition) is 0. The van der Waals surface area contributed by atoms with Gasteiger partial charge in [0.2, 0.25) is 0 Å². The number of hydrogen-bond acceptors (Lipinski definition) is 5. The number of fused-ring (bicyclic) bond motifs is 4. The van der Waals surface area contributed by atoms with Crippen molar-refractivity contribution >= 4 is 0 Å². The fourth-order valence-electron chi connectivity index (χ4n) is 6.77. The summed E-state index contributed by atoms with van der Waals surface area (Å²) in [5.41, 5.74) is 4.66. The van der Waals surface area contributed by atoms with Crippen LogP contribution in [0.4, 0.5) is 0 Å². The summed E-state index contributed by atoms with van der Waals surface area (Å²) < 4.78 is 7.65. The van der Waals surface area contributed by atoms with Gasteiger partial charge in [-0.25, -0.2) is 0 Å². The highest BCUT2D eigenvalue weighted by atomic mass is 16.5. The Kier molecular flexibility index (Phi) is 6.33. The van der Waals surface area contributed by atoms with E-state index in [1.807, 2.05) is 0 Å². The molecule has 6 heteroatoms. The molecule has 0 aliphatic carbocycles. The Labute approximate surface area is 203 Å². The highest BCUT2D eigenvalue weighted by Gasteiger charge is 2.38. The molecule has 2 aromatic rings. The maximum Gasteiger partial charge on any atom is 0.258 e. The average Bonchev–Trinajstić information content (AvgIpc) is 2.86. The van der Waals surface area contributed by atoms with E-state index in [1.54, 1.807) is 0 Å². The van der Waals surface area contributed by atoms with Gasteiger partial charge in [0.1, 0.15) is 0 Å². The van der Waals surface area contributed by atoms with Gasteiger partial charge in [0, 0.05) is 62.5 Å². The molecule has 0 N–H and O–H groups in total. The lowest BCUT2D eigenvalue weighted by Crippen LogP contribution is -2.53. The monoisotopic (exact) mass is 462 g/mol. The topological polar surface area (TPSA) is 41.0 Å². The molecule has 3 fully saturated rings. The molecular formula is C28H38N4O2. The Balaban J connectivity index is 1.26. The number of piperidine rings is 2. The van der Waals surface area contributed by atoms with Crippen molar-refractivity contribution in [3.63, 3.8) is 0 Å². The quantitative estimate of drug-likeness (QED) is 0.699. The summed E-state index contributed by atoms with van der Waals surface area (Å²) in [6, 6.07) is 13.6. The van der Waals surface area contributed by atoms with Crippen LogP contribution in [0.1, 0.15) is 36.4 Å². The molecule has 6 nitrogen and oxygen atoms in total. The maximum atomic E-state index is 13.8. The first-order chi connectivity index (χ1) is 16.7. The molecule has 3 saturated heterocycles. The third kappa shape index (κ3) is 4.37. The van der Waals surface area contributed by atoms with Crippen LogP contribution in [0, 0.1) is 5.92 Å². The molecule has 2 atom stereocenters. The van der Waals surface area contributed by atoms with Gasteiger partial charge in [-0.15, -0.1) is 0 Å². The predicted octanol–water partition coefficient (Wildman–Crippen LogP) is 2.86. The Bertz CT molecular complexity index is 1070. The molecule has 1 aromatic heterocycles. The molecule has 0 radical (unpaired) electrons. The van der Waals surface area contributed by atoms with E-state index < -0.39 is 0 Å². The Morgan fingerprint density at radius 3 is 2.53 bits per heavy atom. The summed E-state index contributed by atoms with van der Waals surface area (Å²) in [7, 11) is 2.24. The number of rotatable bonds is 4. The zero-order valence-corrected chi connectivity index (χ0v) is 20.5. The number of aromatic nitrogens is 1. The standard InChI is InChI=1S/C28H38N4O2/c1-29-10-8-24(9-11-29)31-17-21-16-23(20-31)27-7-6-26(28(33)32(27)18-21)25-5-3-2-4-22(25)19-30-12-14-34-15-13-30/h2-7,21,23-24H,8-20H2,1H3/t21-,23+/m0/s1. The van der Waals surface area contributed by atoms with Crippen LogP contribution in [-0.4, -0.2) is 84.8 Å². The molecule has 4 aliphatic rings. The minimum atomic E-state index is 0.203. The molecule has 34 heavy (non-hydrogen) atoms. The maximum absolute atomic E-state index is 13.8. The van der Waals surface area contributed by atoms with E-state index in [-0.39, 0.29) is 5.56 Å². The summed E-state index contributed by atoms with van der Waals surface area (Å²) in [6.07, 6.45) is 3.79. The fraction of sp³-hybridized carbons (Fsp3) is 0.607. The van der Waals surface area contributed by atoms with Crippen LogP contribution in [0.15, 0.2) is 41.2 Å². The molecule has 0 amide bonds. The Hall–Kier alpha value is -1.99. The minimum Gasteiger partial charge on any atom is -0.379 e. The number of benzene rings is 1. The van der Waals surface area contributed by atoms with Gasteiger partial charge < -0.3 is 14.2 Å². The van der Waals surface area contributed by atoms with E-state index in [2.05, 4.69) is 62.7 Å². The van der Waals surface area contributed by atoms with E-state index >= 15 is 0 Å². The summed E-state index contributed by atoms with van der Waals surface area (Å²) in [6.45, 7) is 9.90. The molecule has 6 rings (SSSR count). The smallest absolute Gasteiger partial charge is 0.258 e. The van der Waals surface area contributed by atoms with Crippen LogP contribution >= 0.6 is 0 Å². The van der Waals surface area contributed by atoms with Crippen molar-refractivity contribution in [2.45, 2.75) is 44.3 Å². The number of morpholine rings is 1. The number of nitrogens with zero attached hydrogens (tertiary/aromatic N) is 4. The zero-order valence-electron chi connectivity index (χ0n) is 20.5.